The number of carbonyl (C=O) groups excluding carboxylic acids is 2. The maximum absolute atomic E-state index is 12.1. The third-order valence-corrected chi connectivity index (χ3v) is 3.65. The van der Waals surface area contributed by atoms with Gasteiger partial charge in [-0.3, -0.25) is 9.59 Å². The molecule has 0 fully saturated rings. The van der Waals surface area contributed by atoms with Crippen molar-refractivity contribution in [2.45, 2.75) is 4.33 Å². The van der Waals surface area contributed by atoms with E-state index in [0.717, 1.165) is 5.39 Å². The highest BCUT2D eigenvalue weighted by atomic mass is 35.5. The van der Waals surface area contributed by atoms with Crippen LogP contribution in [0.25, 0.3) is 10.8 Å². The van der Waals surface area contributed by atoms with Gasteiger partial charge in [-0.25, -0.2) is 0 Å². The molecule has 0 saturated carbocycles. The summed E-state index contributed by atoms with van der Waals surface area (Å²) in [4.78, 5) is 24.1. The van der Waals surface area contributed by atoms with Crippen LogP contribution in [-0.2, 0) is 0 Å². The molecule has 0 heterocycles. The molecule has 1 aliphatic carbocycles. The number of rotatable bonds is 0. The Kier molecular flexibility index (Phi) is 2.09. The summed E-state index contributed by atoms with van der Waals surface area (Å²) in [6, 6.07) is 10.5. The summed E-state index contributed by atoms with van der Waals surface area (Å²) in [5.74, 6) is -1.09. The number of hydrogen-bond donors (Lipinski definition) is 0. The van der Waals surface area contributed by atoms with Gasteiger partial charge in [-0.05, 0) is 5.39 Å². The Morgan fingerprint density at radius 1 is 0.824 bits per heavy atom. The predicted molar refractivity (Wildman–Crippen MR) is 67.0 cm³/mol. The van der Waals surface area contributed by atoms with E-state index in [1.165, 1.54) is 0 Å². The molecule has 0 bridgehead atoms. The third kappa shape index (κ3) is 1.28. The van der Waals surface area contributed by atoms with Crippen molar-refractivity contribution < 1.29 is 9.59 Å². The summed E-state index contributed by atoms with van der Waals surface area (Å²) >= 11 is 11.7. The fraction of sp³-hybridized carbons (Fsp3) is 0.0769. The summed E-state index contributed by atoms with van der Waals surface area (Å²) in [7, 11) is 0. The lowest BCUT2D eigenvalue weighted by Crippen LogP contribution is -2.39. The molecular formula is C13H6Cl2O2. The molecule has 2 aromatic rings. The van der Waals surface area contributed by atoms with Gasteiger partial charge in [0.1, 0.15) is 0 Å². The second kappa shape index (κ2) is 3.31. The molecule has 0 spiro atoms. The first-order valence-corrected chi connectivity index (χ1v) is 5.78. The van der Waals surface area contributed by atoms with E-state index < -0.39 is 15.9 Å². The van der Waals surface area contributed by atoms with E-state index in [-0.39, 0.29) is 0 Å². The van der Waals surface area contributed by atoms with E-state index in [0.29, 0.717) is 16.5 Å². The molecule has 0 unspecified atom stereocenters. The number of ketones is 2. The van der Waals surface area contributed by atoms with Crippen LogP contribution >= 0.6 is 23.2 Å². The highest BCUT2D eigenvalue weighted by molar-refractivity contribution is 6.72. The average Bonchev–Trinajstić information content (AvgIpc) is 2.34. The van der Waals surface area contributed by atoms with Gasteiger partial charge in [0.15, 0.2) is 0 Å². The van der Waals surface area contributed by atoms with Crippen LogP contribution in [0, 0.1) is 0 Å². The van der Waals surface area contributed by atoms with Crippen LogP contribution in [0.15, 0.2) is 36.4 Å². The summed E-state index contributed by atoms with van der Waals surface area (Å²) in [5.41, 5.74) is 0.811. The molecule has 2 nitrogen and oxygen atoms in total. The second-order valence-corrected chi connectivity index (χ2v) is 5.27. The Morgan fingerprint density at radius 3 is 1.76 bits per heavy atom. The number of alkyl halides is 2. The first-order valence-electron chi connectivity index (χ1n) is 5.02. The van der Waals surface area contributed by atoms with E-state index in [1.807, 2.05) is 12.1 Å². The van der Waals surface area contributed by atoms with Gasteiger partial charge < -0.3 is 0 Å². The van der Waals surface area contributed by atoms with Gasteiger partial charge in [0, 0.05) is 16.5 Å². The number of halogens is 2. The molecule has 17 heavy (non-hydrogen) atoms. The second-order valence-electron chi connectivity index (χ2n) is 3.94. The zero-order chi connectivity index (χ0) is 12.2. The van der Waals surface area contributed by atoms with Crippen molar-refractivity contribution in [2.75, 3.05) is 0 Å². The van der Waals surface area contributed by atoms with E-state index in [4.69, 9.17) is 23.2 Å². The Morgan fingerprint density at radius 2 is 1.29 bits per heavy atom. The molecule has 0 N–H and O–H groups in total. The minimum atomic E-state index is -2.00. The lowest BCUT2D eigenvalue weighted by atomic mass is 9.86. The van der Waals surface area contributed by atoms with E-state index in [2.05, 4.69) is 0 Å². The Balaban J connectivity index is 2.53. The fourth-order valence-electron chi connectivity index (χ4n) is 2.16. The molecule has 1 aliphatic rings. The predicted octanol–water partition coefficient (Wildman–Crippen LogP) is 3.39. The minimum Gasteiger partial charge on any atom is -0.290 e. The van der Waals surface area contributed by atoms with Crippen molar-refractivity contribution in [1.82, 2.24) is 0 Å². The van der Waals surface area contributed by atoms with Gasteiger partial charge in [-0.2, -0.15) is 0 Å². The SMILES string of the molecule is O=C1c2cccc3cccc(c23)C(=O)C1(Cl)Cl. The zero-order valence-corrected chi connectivity index (χ0v) is 10.0. The maximum atomic E-state index is 12.1. The first-order chi connectivity index (χ1) is 8.03. The molecule has 0 amide bonds. The zero-order valence-electron chi connectivity index (χ0n) is 8.54. The van der Waals surface area contributed by atoms with Crippen molar-refractivity contribution in [1.29, 1.82) is 0 Å². The Hall–Kier alpha value is -1.38. The van der Waals surface area contributed by atoms with Gasteiger partial charge in [0.25, 0.3) is 0 Å². The molecule has 0 saturated heterocycles. The van der Waals surface area contributed by atoms with Crippen molar-refractivity contribution >= 4 is 45.5 Å². The molecule has 84 valence electrons. The van der Waals surface area contributed by atoms with Crippen LogP contribution in [-0.4, -0.2) is 15.9 Å². The van der Waals surface area contributed by atoms with Crippen LogP contribution in [0.5, 0.6) is 0 Å². The highest BCUT2D eigenvalue weighted by Gasteiger charge is 2.47. The van der Waals surface area contributed by atoms with Crippen molar-refractivity contribution in [2.24, 2.45) is 0 Å². The molecule has 0 radical (unpaired) electrons. The lowest BCUT2D eigenvalue weighted by Gasteiger charge is -2.24. The molecule has 2 aromatic carbocycles. The minimum absolute atomic E-state index is 0.405. The Bertz CT molecular complexity index is 621. The summed E-state index contributed by atoms with van der Waals surface area (Å²) in [6.07, 6.45) is 0. The van der Waals surface area contributed by atoms with E-state index in [9.17, 15) is 9.59 Å². The normalized spacial score (nSPS) is 17.5. The van der Waals surface area contributed by atoms with Crippen molar-refractivity contribution in [3.63, 3.8) is 0 Å². The van der Waals surface area contributed by atoms with Crippen molar-refractivity contribution in [3.05, 3.63) is 47.5 Å². The first kappa shape index (κ1) is 10.8. The maximum Gasteiger partial charge on any atom is 0.242 e. The number of Topliss-reactive ketones (excluding diaryl/α,β-unsaturated/α-hetero) is 2. The smallest absolute Gasteiger partial charge is 0.242 e. The van der Waals surface area contributed by atoms with Gasteiger partial charge in [0.2, 0.25) is 15.9 Å². The van der Waals surface area contributed by atoms with Crippen molar-refractivity contribution in [3.8, 4) is 0 Å². The summed E-state index contributed by atoms with van der Waals surface area (Å²) in [6.45, 7) is 0. The topological polar surface area (TPSA) is 34.1 Å². The molecule has 0 aliphatic heterocycles. The average molecular weight is 265 g/mol. The third-order valence-electron chi connectivity index (χ3n) is 2.96. The quantitative estimate of drug-likeness (QED) is 0.540. The number of hydrogen-bond acceptors (Lipinski definition) is 2. The number of carbonyl (C=O) groups is 2. The molecule has 4 heteroatoms. The van der Waals surface area contributed by atoms with Gasteiger partial charge >= 0.3 is 0 Å². The Labute approximate surface area is 107 Å². The van der Waals surface area contributed by atoms with Crippen LogP contribution in [0.4, 0.5) is 0 Å². The molecule has 0 aromatic heterocycles. The summed E-state index contributed by atoms with van der Waals surface area (Å²) < 4.78 is -2.00. The lowest BCUT2D eigenvalue weighted by molar-refractivity contribution is 0.0875. The van der Waals surface area contributed by atoms with Gasteiger partial charge in [0.05, 0.1) is 0 Å². The number of benzene rings is 2. The van der Waals surface area contributed by atoms with Gasteiger partial charge in [-0.1, -0.05) is 59.6 Å². The summed E-state index contributed by atoms with van der Waals surface area (Å²) in [5, 5.41) is 1.48. The highest BCUT2D eigenvalue weighted by Crippen LogP contribution is 2.39. The molecular weight excluding hydrogens is 259 g/mol. The van der Waals surface area contributed by atoms with E-state index >= 15 is 0 Å². The molecule has 3 rings (SSSR count). The van der Waals surface area contributed by atoms with Crippen LogP contribution in [0.1, 0.15) is 20.7 Å². The van der Waals surface area contributed by atoms with Crippen LogP contribution in [0.2, 0.25) is 0 Å². The van der Waals surface area contributed by atoms with E-state index in [1.54, 1.807) is 24.3 Å². The standard InChI is InChI=1S/C13H6Cl2O2/c14-13(15)11(16)8-5-1-3-7-4-2-6-9(10(7)8)12(13)17/h1-6H. The molecule has 0 atom stereocenters. The van der Waals surface area contributed by atoms with Gasteiger partial charge in [-0.15, -0.1) is 0 Å². The van der Waals surface area contributed by atoms with Crippen LogP contribution < -0.4 is 0 Å². The van der Waals surface area contributed by atoms with Crippen LogP contribution in [0.3, 0.4) is 0 Å². The fourth-order valence-corrected chi connectivity index (χ4v) is 2.57. The monoisotopic (exact) mass is 264 g/mol. The largest absolute Gasteiger partial charge is 0.290 e.